The molecule has 0 aliphatic carbocycles. The van der Waals surface area contributed by atoms with E-state index in [1.165, 1.54) is 109 Å². The summed E-state index contributed by atoms with van der Waals surface area (Å²) in [6, 6.07) is 0. The Hall–Kier alpha value is -0.830. The maximum Gasteiger partial charge on any atom is 0.333 e. The Morgan fingerprint density at radius 1 is 0.643 bits per heavy atom. The highest BCUT2D eigenvalue weighted by molar-refractivity contribution is 5.86. The molecule has 3 nitrogen and oxygen atoms in total. The second-order valence-electron chi connectivity index (χ2n) is 8.73. The zero-order valence-corrected chi connectivity index (χ0v) is 19.4. The van der Waals surface area contributed by atoms with Gasteiger partial charge in [-0.2, -0.15) is 0 Å². The fraction of sp³-hybridized carbons (Fsp3) is 0.880. The Bertz CT molecular complexity index is 366. The van der Waals surface area contributed by atoms with Gasteiger partial charge in [0.05, 0.1) is 6.61 Å². The highest BCUT2D eigenvalue weighted by atomic mass is 16.5. The summed E-state index contributed by atoms with van der Waals surface area (Å²) in [5, 5.41) is 0. The van der Waals surface area contributed by atoms with Gasteiger partial charge in [-0.3, -0.25) is 0 Å². The second kappa shape index (κ2) is 20.9. The second-order valence-corrected chi connectivity index (χ2v) is 8.73. The summed E-state index contributed by atoms with van der Waals surface area (Å²) in [6.07, 6.45) is 23.1. The van der Waals surface area contributed by atoms with Gasteiger partial charge < -0.3 is 9.64 Å². The number of nitrogens with zero attached hydrogens (tertiary/aromatic N) is 1. The summed E-state index contributed by atoms with van der Waals surface area (Å²) in [7, 11) is 4.32. The van der Waals surface area contributed by atoms with Crippen molar-refractivity contribution in [3.8, 4) is 0 Å². The summed E-state index contributed by atoms with van der Waals surface area (Å²) < 4.78 is 5.10. The maximum atomic E-state index is 11.2. The van der Waals surface area contributed by atoms with Crippen LogP contribution in [0.25, 0.3) is 0 Å². The minimum atomic E-state index is -0.254. The van der Waals surface area contributed by atoms with Crippen molar-refractivity contribution in [3.05, 3.63) is 12.2 Å². The molecule has 0 aromatic carbocycles. The molecule has 0 atom stereocenters. The van der Waals surface area contributed by atoms with Crippen molar-refractivity contribution >= 4 is 5.97 Å². The van der Waals surface area contributed by atoms with Gasteiger partial charge in [0.15, 0.2) is 0 Å². The SMILES string of the molecule is C=C(C)C(=O)OCCCCCCCCCCCCCCCCCCCN(C)C. The number of carbonyl (C=O) groups excluding carboxylic acids is 1. The number of rotatable bonds is 21. The molecule has 0 spiro atoms. The number of ether oxygens (including phenoxy) is 1. The molecule has 0 saturated heterocycles. The quantitative estimate of drug-likeness (QED) is 0.116. The topological polar surface area (TPSA) is 29.5 Å². The lowest BCUT2D eigenvalue weighted by Crippen LogP contribution is -2.12. The van der Waals surface area contributed by atoms with Gasteiger partial charge in [0.1, 0.15) is 0 Å². The van der Waals surface area contributed by atoms with Crippen molar-refractivity contribution in [1.29, 1.82) is 0 Å². The zero-order chi connectivity index (χ0) is 20.9. The zero-order valence-electron chi connectivity index (χ0n) is 19.4. The lowest BCUT2D eigenvalue weighted by Gasteiger charge is -2.08. The van der Waals surface area contributed by atoms with Gasteiger partial charge in [-0.25, -0.2) is 4.79 Å². The highest BCUT2D eigenvalue weighted by Gasteiger charge is 2.01. The first-order valence-electron chi connectivity index (χ1n) is 12.0. The van der Waals surface area contributed by atoms with E-state index in [-0.39, 0.29) is 5.97 Å². The molecule has 0 bridgehead atoms. The third-order valence-corrected chi connectivity index (χ3v) is 5.33. The Labute approximate surface area is 176 Å². The van der Waals surface area contributed by atoms with Crippen molar-refractivity contribution in [2.45, 2.75) is 116 Å². The molecule has 166 valence electrons. The molecule has 0 aliphatic heterocycles. The Morgan fingerprint density at radius 3 is 1.29 bits per heavy atom. The van der Waals surface area contributed by atoms with Gasteiger partial charge >= 0.3 is 5.97 Å². The predicted molar refractivity (Wildman–Crippen MR) is 123 cm³/mol. The van der Waals surface area contributed by atoms with Gasteiger partial charge in [0.2, 0.25) is 0 Å². The third kappa shape index (κ3) is 21.5. The third-order valence-electron chi connectivity index (χ3n) is 5.33. The molecule has 0 amide bonds. The van der Waals surface area contributed by atoms with Crippen LogP contribution >= 0.6 is 0 Å². The molecule has 0 aromatic rings. The Kier molecular flexibility index (Phi) is 20.3. The summed E-state index contributed by atoms with van der Waals surface area (Å²) in [4.78, 5) is 13.5. The van der Waals surface area contributed by atoms with Crippen LogP contribution in [-0.2, 0) is 9.53 Å². The van der Waals surface area contributed by atoms with E-state index in [0.29, 0.717) is 12.2 Å². The largest absolute Gasteiger partial charge is 0.462 e. The van der Waals surface area contributed by atoms with Crippen molar-refractivity contribution in [3.63, 3.8) is 0 Å². The van der Waals surface area contributed by atoms with Gasteiger partial charge in [-0.15, -0.1) is 0 Å². The maximum absolute atomic E-state index is 11.2. The average molecular weight is 396 g/mol. The van der Waals surface area contributed by atoms with Crippen LogP contribution < -0.4 is 0 Å². The van der Waals surface area contributed by atoms with Crippen LogP contribution in [0.4, 0.5) is 0 Å². The molecule has 0 radical (unpaired) electrons. The van der Waals surface area contributed by atoms with E-state index in [4.69, 9.17) is 4.74 Å². The van der Waals surface area contributed by atoms with Crippen LogP contribution in [0.2, 0.25) is 0 Å². The van der Waals surface area contributed by atoms with E-state index in [0.717, 1.165) is 6.42 Å². The monoisotopic (exact) mass is 395 g/mol. The fourth-order valence-corrected chi connectivity index (χ4v) is 3.47. The molecule has 0 heterocycles. The molecule has 0 aliphatic rings. The highest BCUT2D eigenvalue weighted by Crippen LogP contribution is 2.14. The van der Waals surface area contributed by atoms with E-state index >= 15 is 0 Å². The first-order chi connectivity index (χ1) is 13.5. The van der Waals surface area contributed by atoms with Crippen molar-refractivity contribution < 1.29 is 9.53 Å². The van der Waals surface area contributed by atoms with Crippen LogP contribution in [0.3, 0.4) is 0 Å². The molecule has 0 aromatic heterocycles. The summed E-state index contributed by atoms with van der Waals surface area (Å²) in [6.45, 7) is 7.06. The number of esters is 1. The van der Waals surface area contributed by atoms with E-state index in [1.807, 2.05) is 0 Å². The van der Waals surface area contributed by atoms with Crippen LogP contribution in [-0.4, -0.2) is 38.1 Å². The molecular weight excluding hydrogens is 346 g/mol. The fourth-order valence-electron chi connectivity index (χ4n) is 3.47. The number of carbonyl (C=O) groups is 1. The molecule has 3 heteroatoms. The summed E-state index contributed by atoms with van der Waals surface area (Å²) >= 11 is 0. The lowest BCUT2D eigenvalue weighted by molar-refractivity contribution is -0.139. The van der Waals surface area contributed by atoms with E-state index < -0.39 is 0 Å². The molecule has 0 rings (SSSR count). The lowest BCUT2D eigenvalue weighted by atomic mass is 10.0. The normalized spacial score (nSPS) is 11.1. The molecule has 0 saturated carbocycles. The molecule has 0 fully saturated rings. The predicted octanol–water partition coefficient (Wildman–Crippen LogP) is 7.30. The molecule has 0 N–H and O–H groups in total. The molecule has 0 unspecified atom stereocenters. The Balaban J connectivity index is 3.07. The van der Waals surface area contributed by atoms with Crippen molar-refractivity contribution in [2.24, 2.45) is 0 Å². The van der Waals surface area contributed by atoms with Gasteiger partial charge in [0.25, 0.3) is 0 Å². The Morgan fingerprint density at radius 2 is 0.964 bits per heavy atom. The van der Waals surface area contributed by atoms with Crippen LogP contribution in [0.5, 0.6) is 0 Å². The van der Waals surface area contributed by atoms with Gasteiger partial charge in [-0.05, 0) is 40.4 Å². The average Bonchev–Trinajstić information content (AvgIpc) is 2.65. The van der Waals surface area contributed by atoms with E-state index in [1.54, 1.807) is 6.92 Å². The number of hydrogen-bond acceptors (Lipinski definition) is 3. The summed E-state index contributed by atoms with van der Waals surface area (Å²) in [5.74, 6) is -0.254. The van der Waals surface area contributed by atoms with Crippen molar-refractivity contribution in [1.82, 2.24) is 4.90 Å². The van der Waals surface area contributed by atoms with Gasteiger partial charge in [0, 0.05) is 5.57 Å². The molecular formula is C25H49NO2. The van der Waals surface area contributed by atoms with Crippen LogP contribution in [0.1, 0.15) is 116 Å². The van der Waals surface area contributed by atoms with Crippen LogP contribution in [0.15, 0.2) is 12.2 Å². The smallest absolute Gasteiger partial charge is 0.333 e. The van der Waals surface area contributed by atoms with Gasteiger partial charge in [-0.1, -0.05) is 103 Å². The minimum Gasteiger partial charge on any atom is -0.462 e. The summed E-state index contributed by atoms with van der Waals surface area (Å²) in [5.41, 5.74) is 0.492. The van der Waals surface area contributed by atoms with E-state index in [2.05, 4.69) is 25.6 Å². The standard InChI is InChI=1S/C25H49NO2/c1-24(2)25(27)28-23-21-19-17-15-13-11-9-7-5-6-8-10-12-14-16-18-20-22-26(3)4/h1,5-23H2,2-4H3. The first kappa shape index (κ1) is 27.2. The van der Waals surface area contributed by atoms with Crippen LogP contribution in [0, 0.1) is 0 Å². The first-order valence-corrected chi connectivity index (χ1v) is 12.0. The van der Waals surface area contributed by atoms with Crippen molar-refractivity contribution in [2.75, 3.05) is 27.2 Å². The number of unbranched alkanes of at least 4 members (excludes halogenated alkanes) is 16. The van der Waals surface area contributed by atoms with E-state index in [9.17, 15) is 4.79 Å². The minimum absolute atomic E-state index is 0.254. The number of hydrogen-bond donors (Lipinski definition) is 0. The molecule has 28 heavy (non-hydrogen) atoms.